The highest BCUT2D eigenvalue weighted by Gasteiger charge is 2.10. The van der Waals surface area contributed by atoms with Gasteiger partial charge in [-0.1, -0.05) is 29.8 Å². The van der Waals surface area contributed by atoms with Crippen LogP contribution >= 0.6 is 11.6 Å². The van der Waals surface area contributed by atoms with E-state index in [1.165, 1.54) is 31.4 Å². The number of carbonyl (C=O) groups excluding carboxylic acids is 2. The van der Waals surface area contributed by atoms with Crippen LogP contribution in [0.2, 0.25) is 5.02 Å². The Morgan fingerprint density at radius 3 is 2.58 bits per heavy atom. The summed E-state index contributed by atoms with van der Waals surface area (Å²) in [4.78, 5) is 23.6. The number of halogens is 1. The molecule has 124 valence electrons. The number of nitrogens with one attached hydrogen (secondary N) is 1. The Kier molecular flexibility index (Phi) is 5.98. The Balaban J connectivity index is 2.15. The van der Waals surface area contributed by atoms with Gasteiger partial charge >= 0.3 is 5.97 Å². The van der Waals surface area contributed by atoms with Crippen molar-refractivity contribution in [1.82, 2.24) is 0 Å². The molecule has 0 aliphatic heterocycles. The third-order valence-electron chi connectivity index (χ3n) is 3.20. The molecule has 2 aromatic carbocycles. The number of hydrogen-bond acceptors (Lipinski definition) is 4. The van der Waals surface area contributed by atoms with Gasteiger partial charge in [0.25, 0.3) is 0 Å². The van der Waals surface area contributed by atoms with E-state index in [0.717, 1.165) is 5.56 Å². The van der Waals surface area contributed by atoms with Crippen molar-refractivity contribution in [3.05, 3.63) is 64.7 Å². The van der Waals surface area contributed by atoms with E-state index in [2.05, 4.69) is 10.1 Å². The average Bonchev–Trinajstić information content (AvgIpc) is 2.61. The number of esters is 1. The Bertz CT molecular complexity index is 786. The van der Waals surface area contributed by atoms with Crippen LogP contribution in [0.4, 0.5) is 5.69 Å². The quantitative estimate of drug-likeness (QED) is 0.661. The maximum Gasteiger partial charge on any atom is 0.337 e. The van der Waals surface area contributed by atoms with Crippen molar-refractivity contribution in [2.24, 2.45) is 0 Å². The fourth-order valence-corrected chi connectivity index (χ4v) is 2.17. The Morgan fingerprint density at radius 2 is 1.88 bits per heavy atom. The Labute approximate surface area is 144 Å². The van der Waals surface area contributed by atoms with Crippen molar-refractivity contribution in [3.8, 4) is 5.75 Å². The van der Waals surface area contributed by atoms with Crippen LogP contribution in [-0.4, -0.2) is 26.1 Å². The molecule has 24 heavy (non-hydrogen) atoms. The van der Waals surface area contributed by atoms with Crippen LogP contribution in [0.1, 0.15) is 15.9 Å². The molecule has 0 spiro atoms. The van der Waals surface area contributed by atoms with Crippen LogP contribution in [0.5, 0.6) is 5.75 Å². The average molecular weight is 346 g/mol. The van der Waals surface area contributed by atoms with Crippen LogP contribution in [0, 0.1) is 0 Å². The molecule has 0 aliphatic carbocycles. The monoisotopic (exact) mass is 345 g/mol. The third-order valence-corrected chi connectivity index (χ3v) is 3.53. The van der Waals surface area contributed by atoms with Crippen LogP contribution in [0.25, 0.3) is 6.08 Å². The molecule has 0 aromatic heterocycles. The van der Waals surface area contributed by atoms with Crippen molar-refractivity contribution in [3.63, 3.8) is 0 Å². The van der Waals surface area contributed by atoms with E-state index in [0.29, 0.717) is 22.0 Å². The summed E-state index contributed by atoms with van der Waals surface area (Å²) in [6, 6.07) is 11.8. The highest BCUT2D eigenvalue weighted by atomic mass is 35.5. The zero-order valence-electron chi connectivity index (χ0n) is 13.2. The van der Waals surface area contributed by atoms with E-state index in [4.69, 9.17) is 16.3 Å². The number of benzene rings is 2. The van der Waals surface area contributed by atoms with Crippen molar-refractivity contribution >= 4 is 35.2 Å². The molecule has 5 nitrogen and oxygen atoms in total. The molecule has 0 heterocycles. The van der Waals surface area contributed by atoms with Gasteiger partial charge in [0.05, 0.1) is 30.5 Å². The van der Waals surface area contributed by atoms with Crippen molar-refractivity contribution in [2.45, 2.75) is 0 Å². The molecule has 0 bridgehead atoms. The van der Waals surface area contributed by atoms with Crippen LogP contribution in [0.15, 0.2) is 48.5 Å². The van der Waals surface area contributed by atoms with Gasteiger partial charge < -0.3 is 14.8 Å². The number of anilines is 1. The summed E-state index contributed by atoms with van der Waals surface area (Å²) in [6.45, 7) is 0. The maximum atomic E-state index is 12.1. The lowest BCUT2D eigenvalue weighted by Gasteiger charge is -2.07. The van der Waals surface area contributed by atoms with Gasteiger partial charge in [-0.2, -0.15) is 0 Å². The van der Waals surface area contributed by atoms with E-state index in [-0.39, 0.29) is 5.91 Å². The van der Waals surface area contributed by atoms with E-state index >= 15 is 0 Å². The summed E-state index contributed by atoms with van der Waals surface area (Å²) < 4.78 is 9.86. The van der Waals surface area contributed by atoms with Crippen molar-refractivity contribution < 1.29 is 19.1 Å². The van der Waals surface area contributed by atoms with Gasteiger partial charge in [-0.15, -0.1) is 0 Å². The van der Waals surface area contributed by atoms with Gasteiger partial charge in [0.1, 0.15) is 5.75 Å². The summed E-state index contributed by atoms with van der Waals surface area (Å²) in [5.41, 5.74) is 1.39. The van der Waals surface area contributed by atoms with Gasteiger partial charge in [0, 0.05) is 11.6 Å². The molecule has 0 aliphatic rings. The number of amides is 1. The summed E-state index contributed by atoms with van der Waals surface area (Å²) in [5, 5.41) is 2.95. The van der Waals surface area contributed by atoms with Crippen LogP contribution in [-0.2, 0) is 9.53 Å². The standard InChI is InChI=1S/C18H16ClNO4/c1-23-16-6-4-3-5-12(16)8-10-17(21)20-15-11-13(18(22)24-2)7-9-14(15)19/h3-11H,1-2H3,(H,20,21)/b10-8+. The highest BCUT2D eigenvalue weighted by Crippen LogP contribution is 2.24. The molecule has 0 saturated heterocycles. The number of hydrogen-bond donors (Lipinski definition) is 1. The molecule has 6 heteroatoms. The summed E-state index contributed by atoms with van der Waals surface area (Å²) in [6.07, 6.45) is 2.99. The summed E-state index contributed by atoms with van der Waals surface area (Å²) in [5.74, 6) is -0.233. The first-order valence-corrected chi connectivity index (χ1v) is 7.43. The normalized spacial score (nSPS) is 10.5. The van der Waals surface area contributed by atoms with Gasteiger partial charge in [0.2, 0.25) is 5.91 Å². The first-order chi connectivity index (χ1) is 11.5. The first-order valence-electron chi connectivity index (χ1n) is 7.05. The highest BCUT2D eigenvalue weighted by molar-refractivity contribution is 6.34. The molecule has 0 unspecified atom stereocenters. The van der Waals surface area contributed by atoms with E-state index < -0.39 is 5.97 Å². The first kappa shape index (κ1) is 17.6. The number of rotatable bonds is 5. The second kappa shape index (κ2) is 8.17. The van der Waals surface area contributed by atoms with Crippen molar-refractivity contribution in [1.29, 1.82) is 0 Å². The lowest BCUT2D eigenvalue weighted by molar-refractivity contribution is -0.111. The molecule has 0 atom stereocenters. The lowest BCUT2D eigenvalue weighted by Crippen LogP contribution is -2.10. The Morgan fingerprint density at radius 1 is 1.12 bits per heavy atom. The lowest BCUT2D eigenvalue weighted by atomic mass is 10.2. The van der Waals surface area contributed by atoms with E-state index in [1.54, 1.807) is 19.3 Å². The van der Waals surface area contributed by atoms with Gasteiger partial charge in [-0.3, -0.25) is 4.79 Å². The predicted molar refractivity (Wildman–Crippen MR) is 93.4 cm³/mol. The molecule has 0 radical (unpaired) electrons. The van der Waals surface area contributed by atoms with Gasteiger partial charge in [-0.25, -0.2) is 4.79 Å². The molecule has 0 fully saturated rings. The smallest absolute Gasteiger partial charge is 0.337 e. The minimum absolute atomic E-state index is 0.297. The van der Waals surface area contributed by atoms with Crippen molar-refractivity contribution in [2.75, 3.05) is 19.5 Å². The zero-order chi connectivity index (χ0) is 17.5. The number of methoxy groups -OCH3 is 2. The minimum atomic E-state index is -0.508. The second-order valence-corrected chi connectivity index (χ2v) is 5.16. The minimum Gasteiger partial charge on any atom is -0.496 e. The number of para-hydroxylation sites is 1. The number of carbonyl (C=O) groups is 2. The molecule has 0 saturated carbocycles. The number of ether oxygens (including phenoxy) is 2. The molecular weight excluding hydrogens is 330 g/mol. The topological polar surface area (TPSA) is 64.6 Å². The summed E-state index contributed by atoms with van der Waals surface area (Å²) in [7, 11) is 2.84. The van der Waals surface area contributed by atoms with E-state index in [1.807, 2.05) is 18.2 Å². The zero-order valence-corrected chi connectivity index (χ0v) is 14.0. The summed E-state index contributed by atoms with van der Waals surface area (Å²) >= 11 is 6.04. The third kappa shape index (κ3) is 4.36. The van der Waals surface area contributed by atoms with Gasteiger partial charge in [-0.05, 0) is 30.3 Å². The SMILES string of the molecule is COC(=O)c1ccc(Cl)c(NC(=O)/C=C/c2ccccc2OC)c1. The Hall–Kier alpha value is -2.79. The fraction of sp³-hybridized carbons (Fsp3) is 0.111. The largest absolute Gasteiger partial charge is 0.496 e. The fourth-order valence-electron chi connectivity index (χ4n) is 2.01. The second-order valence-electron chi connectivity index (χ2n) is 4.75. The molecule has 2 aromatic rings. The molecular formula is C18H16ClNO4. The van der Waals surface area contributed by atoms with Gasteiger partial charge in [0.15, 0.2) is 0 Å². The predicted octanol–water partition coefficient (Wildman–Crippen LogP) is 3.79. The molecule has 2 rings (SSSR count). The molecule has 1 N–H and O–H groups in total. The molecule has 1 amide bonds. The maximum absolute atomic E-state index is 12.1. The van der Waals surface area contributed by atoms with Crippen LogP contribution < -0.4 is 10.1 Å². The van der Waals surface area contributed by atoms with E-state index in [9.17, 15) is 9.59 Å². The van der Waals surface area contributed by atoms with Crippen LogP contribution in [0.3, 0.4) is 0 Å².